The van der Waals surface area contributed by atoms with Gasteiger partial charge in [-0.1, -0.05) is 121 Å². The first kappa shape index (κ1) is 29.8. The van der Waals surface area contributed by atoms with Crippen LogP contribution in [-0.4, -0.2) is 5.75 Å². The first-order valence-corrected chi connectivity index (χ1v) is 18.6. The molecule has 8 aromatic rings. The van der Waals surface area contributed by atoms with Crippen molar-refractivity contribution in [3.63, 3.8) is 0 Å². The molecular formula is C46H33NS2. The molecule has 0 radical (unpaired) electrons. The van der Waals surface area contributed by atoms with E-state index in [-0.39, 0.29) is 0 Å². The van der Waals surface area contributed by atoms with Gasteiger partial charge in [-0.25, -0.2) is 0 Å². The van der Waals surface area contributed by atoms with Crippen LogP contribution in [-0.2, 0) is 6.42 Å². The fourth-order valence-electron chi connectivity index (χ4n) is 7.04. The molecule has 49 heavy (non-hydrogen) atoms. The highest BCUT2D eigenvalue weighted by molar-refractivity contribution is 7.99. The number of anilines is 3. The average molecular weight is 664 g/mol. The summed E-state index contributed by atoms with van der Waals surface area (Å²) in [5, 5.41) is 5.09. The van der Waals surface area contributed by atoms with Crippen LogP contribution in [0.25, 0.3) is 53.2 Å². The summed E-state index contributed by atoms with van der Waals surface area (Å²) in [5.41, 5.74) is 9.71. The van der Waals surface area contributed by atoms with Gasteiger partial charge in [0.2, 0.25) is 0 Å². The summed E-state index contributed by atoms with van der Waals surface area (Å²) in [6.45, 7) is 0. The Kier molecular flexibility index (Phi) is 7.85. The van der Waals surface area contributed by atoms with Crippen molar-refractivity contribution in [1.29, 1.82) is 0 Å². The average Bonchev–Trinajstić information content (AvgIpc) is 3.58. The fourth-order valence-corrected chi connectivity index (χ4v) is 9.01. The molecule has 3 heteroatoms. The first-order chi connectivity index (χ1) is 24.3. The summed E-state index contributed by atoms with van der Waals surface area (Å²) in [4.78, 5) is 3.81. The van der Waals surface area contributed by atoms with E-state index in [9.17, 15) is 0 Å². The van der Waals surface area contributed by atoms with Crippen molar-refractivity contribution in [2.75, 3.05) is 10.7 Å². The number of allylic oxidation sites excluding steroid dienone is 3. The Balaban J connectivity index is 1.28. The van der Waals surface area contributed by atoms with Gasteiger partial charge >= 0.3 is 0 Å². The Hall–Kier alpha value is -5.35. The minimum absolute atomic E-state index is 0.910. The maximum atomic E-state index is 2.46. The molecule has 0 aliphatic carbocycles. The normalized spacial score (nSPS) is 14.2. The lowest BCUT2D eigenvalue weighted by atomic mass is 9.93. The largest absolute Gasteiger partial charge is 0.310 e. The Morgan fingerprint density at radius 3 is 2.10 bits per heavy atom. The smallest absolute Gasteiger partial charge is 0.0546 e. The van der Waals surface area contributed by atoms with Crippen molar-refractivity contribution < 1.29 is 0 Å². The molecule has 7 aromatic carbocycles. The lowest BCUT2D eigenvalue weighted by molar-refractivity contribution is 1.18. The minimum atomic E-state index is 0.910. The van der Waals surface area contributed by atoms with Crippen LogP contribution in [0.5, 0.6) is 0 Å². The van der Waals surface area contributed by atoms with E-state index in [4.69, 9.17) is 0 Å². The Bertz CT molecular complexity index is 2520. The van der Waals surface area contributed by atoms with Crippen LogP contribution in [0.3, 0.4) is 0 Å². The number of hydrogen-bond acceptors (Lipinski definition) is 3. The third-order valence-electron chi connectivity index (χ3n) is 9.40. The highest BCUT2D eigenvalue weighted by Gasteiger charge is 2.21. The molecule has 0 bridgehead atoms. The molecule has 1 aromatic heterocycles. The first-order valence-electron chi connectivity index (χ1n) is 16.8. The van der Waals surface area contributed by atoms with Crippen LogP contribution in [0.15, 0.2) is 181 Å². The zero-order valence-electron chi connectivity index (χ0n) is 26.9. The monoisotopic (exact) mass is 663 g/mol. The number of benzene rings is 7. The van der Waals surface area contributed by atoms with Gasteiger partial charge in [-0.05, 0) is 94.0 Å². The van der Waals surface area contributed by atoms with E-state index >= 15 is 0 Å². The molecular weight excluding hydrogens is 631 g/mol. The van der Waals surface area contributed by atoms with Crippen LogP contribution in [0.1, 0.15) is 5.56 Å². The molecule has 2 heterocycles. The van der Waals surface area contributed by atoms with Crippen LogP contribution in [0, 0.1) is 0 Å². The minimum Gasteiger partial charge on any atom is -0.310 e. The van der Waals surface area contributed by atoms with Gasteiger partial charge in [0.15, 0.2) is 0 Å². The highest BCUT2D eigenvalue weighted by atomic mass is 32.2. The summed E-state index contributed by atoms with van der Waals surface area (Å²) < 4.78 is 2.62. The molecule has 0 saturated heterocycles. The molecule has 0 amide bonds. The zero-order valence-corrected chi connectivity index (χ0v) is 28.6. The van der Waals surface area contributed by atoms with E-state index in [1.54, 1.807) is 0 Å². The van der Waals surface area contributed by atoms with Gasteiger partial charge in [0.1, 0.15) is 0 Å². The predicted molar refractivity (Wildman–Crippen MR) is 215 cm³/mol. The molecule has 0 N–H and O–H groups in total. The van der Waals surface area contributed by atoms with Crippen molar-refractivity contribution in [2.24, 2.45) is 0 Å². The van der Waals surface area contributed by atoms with Gasteiger partial charge in [0, 0.05) is 47.8 Å². The molecule has 1 aliphatic rings. The molecule has 0 saturated carbocycles. The number of hydrogen-bond donors (Lipinski definition) is 0. The Morgan fingerprint density at radius 1 is 0.490 bits per heavy atom. The second kappa shape index (κ2) is 12.9. The third kappa shape index (κ3) is 5.65. The quantitative estimate of drug-likeness (QED) is 0.180. The Labute approximate surface area is 295 Å². The highest BCUT2D eigenvalue weighted by Crippen LogP contribution is 2.47. The maximum Gasteiger partial charge on any atom is 0.0546 e. The summed E-state index contributed by atoms with van der Waals surface area (Å²) in [6.07, 6.45) is 9.76. The van der Waals surface area contributed by atoms with Gasteiger partial charge in [-0.3, -0.25) is 0 Å². The second-order valence-electron chi connectivity index (χ2n) is 12.4. The second-order valence-corrected chi connectivity index (χ2v) is 14.5. The molecule has 234 valence electrons. The predicted octanol–water partition coefficient (Wildman–Crippen LogP) is 13.8. The molecule has 1 aliphatic heterocycles. The summed E-state index contributed by atoms with van der Waals surface area (Å²) in [6, 6.07) is 55.9. The lowest BCUT2D eigenvalue weighted by Crippen LogP contribution is -2.11. The number of nitrogens with zero attached hydrogens (tertiary/aromatic N) is 1. The van der Waals surface area contributed by atoms with E-state index in [1.807, 2.05) is 23.1 Å². The molecule has 0 atom stereocenters. The van der Waals surface area contributed by atoms with Crippen molar-refractivity contribution >= 4 is 71.1 Å². The van der Waals surface area contributed by atoms with Crippen molar-refractivity contribution in [3.8, 4) is 22.3 Å². The molecule has 1 nitrogen and oxygen atoms in total. The number of thioether (sulfide) groups is 1. The lowest BCUT2D eigenvalue weighted by Gasteiger charge is -2.29. The summed E-state index contributed by atoms with van der Waals surface area (Å²) in [7, 11) is 0. The number of fused-ring (bicyclic) bond motifs is 5. The Morgan fingerprint density at radius 2 is 1.20 bits per heavy atom. The topological polar surface area (TPSA) is 3.24 Å². The van der Waals surface area contributed by atoms with Crippen LogP contribution in [0.4, 0.5) is 17.1 Å². The van der Waals surface area contributed by atoms with E-state index < -0.39 is 0 Å². The molecule has 0 unspecified atom stereocenters. The van der Waals surface area contributed by atoms with E-state index in [0.717, 1.165) is 29.2 Å². The standard InChI is InChI=1S/C46H33NS2/c1-2-11-29-48-43-27-22-36(30-35(43)15-4-1)46-39-16-8-7-14-34(39)21-26-42(46)47(37-23-19-33(20-24-37)32-12-5-3-6-13-32)38-25-28-45-41(31-38)40-17-9-10-18-44(40)49-45/h1-14,16-28,30-31H,15,29H2/b4-1-,11-2-. The van der Waals surface area contributed by atoms with Gasteiger partial charge in [-0.2, -0.15) is 0 Å². The molecule has 9 rings (SSSR count). The van der Waals surface area contributed by atoms with Crippen molar-refractivity contribution in [3.05, 3.63) is 182 Å². The van der Waals surface area contributed by atoms with Gasteiger partial charge in [0.05, 0.1) is 5.69 Å². The van der Waals surface area contributed by atoms with Gasteiger partial charge in [0.25, 0.3) is 0 Å². The number of thiophene rings is 1. The van der Waals surface area contributed by atoms with Crippen molar-refractivity contribution in [2.45, 2.75) is 11.3 Å². The van der Waals surface area contributed by atoms with Gasteiger partial charge < -0.3 is 4.90 Å². The SMILES string of the molecule is C1=C\CSc2ccc(-c3c(N(c4ccc(-c5ccccc5)cc4)c4ccc5sc6ccccc6c5c4)ccc4ccccc34)cc2C\C=C/1. The van der Waals surface area contributed by atoms with Crippen LogP contribution in [0.2, 0.25) is 0 Å². The van der Waals surface area contributed by atoms with Crippen LogP contribution < -0.4 is 4.90 Å². The van der Waals surface area contributed by atoms with E-state index in [1.165, 1.54) is 63.7 Å². The molecule has 0 fully saturated rings. The van der Waals surface area contributed by atoms with Gasteiger partial charge in [-0.15, -0.1) is 23.1 Å². The fraction of sp³-hybridized carbons (Fsp3) is 0.0435. The number of rotatable bonds is 5. The van der Waals surface area contributed by atoms with Crippen LogP contribution >= 0.6 is 23.1 Å². The maximum absolute atomic E-state index is 2.46. The zero-order chi connectivity index (χ0) is 32.6. The summed E-state index contributed by atoms with van der Waals surface area (Å²) in [5.74, 6) is 0.975. The van der Waals surface area contributed by atoms with Crippen molar-refractivity contribution in [1.82, 2.24) is 0 Å². The molecule has 0 spiro atoms. The van der Waals surface area contributed by atoms with E-state index in [2.05, 4.69) is 181 Å². The third-order valence-corrected chi connectivity index (χ3v) is 11.6. The summed E-state index contributed by atoms with van der Waals surface area (Å²) >= 11 is 3.78. The van der Waals surface area contributed by atoms with E-state index in [0.29, 0.717) is 0 Å².